The maximum absolute atomic E-state index is 11.4. The summed E-state index contributed by atoms with van der Waals surface area (Å²) in [5, 5.41) is 19.0. The second-order valence-electron chi connectivity index (χ2n) is 3.73. The van der Waals surface area contributed by atoms with Crippen molar-refractivity contribution in [1.82, 2.24) is 0 Å². The minimum Gasteiger partial charge on any atom is -0.504 e. The molecule has 0 aliphatic heterocycles. The van der Waals surface area contributed by atoms with Crippen LogP contribution in [0, 0.1) is 6.92 Å². The van der Waals surface area contributed by atoms with Gasteiger partial charge in [0.1, 0.15) is 0 Å². The Hall–Kier alpha value is -2.03. The predicted octanol–water partition coefficient (Wildman–Crippen LogP) is 2.75. The van der Waals surface area contributed by atoms with Crippen LogP contribution in [-0.2, 0) is 0 Å². The number of aryl methyl sites for hydroxylation is 1. The minimum absolute atomic E-state index is 0.401. The first-order valence-electron chi connectivity index (χ1n) is 5.37. The lowest BCUT2D eigenvalue weighted by atomic mass is 10.0. The average molecular weight is 232 g/mol. The van der Waals surface area contributed by atoms with E-state index in [0.29, 0.717) is 5.56 Å². The number of allylic oxidation sites excluding steroid dienone is 4. The highest BCUT2D eigenvalue weighted by molar-refractivity contribution is 5.76. The van der Waals surface area contributed by atoms with E-state index in [4.69, 9.17) is 0 Å². The van der Waals surface area contributed by atoms with Gasteiger partial charge in [-0.25, -0.2) is 0 Å². The second kappa shape index (κ2) is 5.34. The van der Waals surface area contributed by atoms with Crippen molar-refractivity contribution in [2.75, 3.05) is 0 Å². The van der Waals surface area contributed by atoms with Crippen LogP contribution in [0.15, 0.2) is 35.2 Å². The predicted molar refractivity (Wildman–Crippen MR) is 69.2 cm³/mol. The molecule has 0 aliphatic carbocycles. The van der Waals surface area contributed by atoms with Crippen LogP contribution in [0.3, 0.4) is 0 Å². The van der Waals surface area contributed by atoms with Crippen molar-refractivity contribution >= 4 is 5.57 Å². The molecule has 0 bridgehead atoms. The van der Waals surface area contributed by atoms with E-state index in [2.05, 4.69) is 0 Å². The van der Waals surface area contributed by atoms with Crippen molar-refractivity contribution in [1.29, 1.82) is 0 Å². The van der Waals surface area contributed by atoms with Gasteiger partial charge in [-0.2, -0.15) is 0 Å². The quantitative estimate of drug-likeness (QED) is 0.771. The topological polar surface area (TPSA) is 57.5 Å². The van der Waals surface area contributed by atoms with E-state index < -0.39 is 16.9 Å². The van der Waals surface area contributed by atoms with Gasteiger partial charge in [-0.15, -0.1) is 0 Å². The molecule has 90 valence electrons. The van der Waals surface area contributed by atoms with Crippen LogP contribution in [0.1, 0.15) is 25.0 Å². The van der Waals surface area contributed by atoms with Gasteiger partial charge in [0, 0.05) is 0 Å². The Balaban J connectivity index is 3.62. The molecule has 1 aromatic rings. The summed E-state index contributed by atoms with van der Waals surface area (Å²) in [5.41, 5.74) is 1.73. The van der Waals surface area contributed by atoms with E-state index in [1.807, 2.05) is 32.1 Å². The molecule has 0 radical (unpaired) electrons. The largest absolute Gasteiger partial charge is 0.504 e. The molecule has 2 N–H and O–H groups in total. The van der Waals surface area contributed by atoms with Crippen LogP contribution in [0.5, 0.6) is 11.5 Å². The van der Waals surface area contributed by atoms with Crippen molar-refractivity contribution in [3.63, 3.8) is 0 Å². The SMILES string of the molecule is C/C=C\C(=C/C)c1cc(O)c(O)c(=O)cc1C. The van der Waals surface area contributed by atoms with Crippen LogP contribution in [0.2, 0.25) is 0 Å². The Kier molecular flexibility index (Phi) is 4.10. The van der Waals surface area contributed by atoms with Crippen LogP contribution < -0.4 is 5.43 Å². The lowest BCUT2D eigenvalue weighted by molar-refractivity contribution is 0.402. The molecular formula is C14H16O3. The zero-order valence-electron chi connectivity index (χ0n) is 10.2. The van der Waals surface area contributed by atoms with Gasteiger partial charge in [-0.1, -0.05) is 18.2 Å². The molecule has 0 spiro atoms. The molecule has 0 saturated carbocycles. The summed E-state index contributed by atoms with van der Waals surface area (Å²) < 4.78 is 0. The molecule has 3 heteroatoms. The zero-order chi connectivity index (χ0) is 13.0. The molecule has 0 aromatic heterocycles. The molecule has 0 atom stereocenters. The maximum Gasteiger partial charge on any atom is 0.224 e. The van der Waals surface area contributed by atoms with Crippen molar-refractivity contribution in [2.45, 2.75) is 20.8 Å². The molecule has 0 saturated heterocycles. The number of rotatable bonds is 2. The summed E-state index contributed by atoms with van der Waals surface area (Å²) in [7, 11) is 0. The average Bonchev–Trinajstić information content (AvgIpc) is 2.39. The summed E-state index contributed by atoms with van der Waals surface area (Å²) in [6, 6.07) is 2.72. The third-order valence-electron chi connectivity index (χ3n) is 2.50. The normalized spacial score (nSPS) is 12.1. The fourth-order valence-electron chi connectivity index (χ4n) is 1.62. The van der Waals surface area contributed by atoms with Crippen LogP contribution in [-0.4, -0.2) is 10.2 Å². The monoisotopic (exact) mass is 232 g/mol. The lowest BCUT2D eigenvalue weighted by Crippen LogP contribution is -1.94. The molecule has 17 heavy (non-hydrogen) atoms. The van der Waals surface area contributed by atoms with Gasteiger partial charge < -0.3 is 10.2 Å². The summed E-state index contributed by atoms with van der Waals surface area (Å²) >= 11 is 0. The van der Waals surface area contributed by atoms with Crippen molar-refractivity contribution < 1.29 is 10.2 Å². The van der Waals surface area contributed by atoms with Crippen molar-refractivity contribution in [3.8, 4) is 11.5 Å². The summed E-state index contributed by atoms with van der Waals surface area (Å²) in [4.78, 5) is 11.4. The van der Waals surface area contributed by atoms with E-state index in [1.54, 1.807) is 6.92 Å². The molecule has 0 aliphatic rings. The van der Waals surface area contributed by atoms with E-state index in [-0.39, 0.29) is 0 Å². The number of aromatic hydroxyl groups is 2. The van der Waals surface area contributed by atoms with Crippen LogP contribution >= 0.6 is 0 Å². The molecule has 0 amide bonds. The second-order valence-corrected chi connectivity index (χ2v) is 3.73. The highest BCUT2D eigenvalue weighted by Gasteiger charge is 2.08. The third kappa shape index (κ3) is 2.75. The maximum atomic E-state index is 11.4. The summed E-state index contributed by atoms with van der Waals surface area (Å²) in [5.74, 6) is -1.02. The molecule has 3 nitrogen and oxygen atoms in total. The molecule has 1 aromatic carbocycles. The Morgan fingerprint density at radius 3 is 2.41 bits per heavy atom. The van der Waals surface area contributed by atoms with Gasteiger partial charge >= 0.3 is 0 Å². The van der Waals surface area contributed by atoms with E-state index >= 15 is 0 Å². The highest BCUT2D eigenvalue weighted by Crippen LogP contribution is 2.26. The molecule has 0 unspecified atom stereocenters. The first-order chi connectivity index (χ1) is 8.01. The van der Waals surface area contributed by atoms with Crippen LogP contribution in [0.25, 0.3) is 5.57 Å². The smallest absolute Gasteiger partial charge is 0.224 e. The third-order valence-corrected chi connectivity index (χ3v) is 2.50. The highest BCUT2D eigenvalue weighted by atomic mass is 16.3. The van der Waals surface area contributed by atoms with E-state index in [1.165, 1.54) is 12.1 Å². The molecule has 0 fully saturated rings. The standard InChI is InChI=1S/C14H16O3/c1-4-6-10(5-2)11-8-13(16)14(17)12(15)7-9(11)3/h4-8H,1-3H3,(H2,15,16,17)/b6-4-,10-5+. The number of hydrogen-bond donors (Lipinski definition) is 2. The van der Waals surface area contributed by atoms with Gasteiger partial charge in [0.2, 0.25) is 11.2 Å². The zero-order valence-corrected chi connectivity index (χ0v) is 10.2. The molecule has 0 heterocycles. The van der Waals surface area contributed by atoms with Gasteiger partial charge in [0.05, 0.1) is 0 Å². The Labute approximate surface area is 100 Å². The van der Waals surface area contributed by atoms with E-state index in [0.717, 1.165) is 11.1 Å². The first kappa shape index (κ1) is 13.0. The summed E-state index contributed by atoms with van der Waals surface area (Å²) in [6.45, 7) is 5.53. The van der Waals surface area contributed by atoms with Gasteiger partial charge in [0.25, 0.3) is 0 Å². The molecule has 1 rings (SSSR count). The van der Waals surface area contributed by atoms with Gasteiger partial charge in [0.15, 0.2) is 5.75 Å². The Morgan fingerprint density at radius 2 is 1.88 bits per heavy atom. The summed E-state index contributed by atoms with van der Waals surface area (Å²) in [6.07, 6.45) is 5.63. The van der Waals surface area contributed by atoms with E-state index in [9.17, 15) is 15.0 Å². The lowest BCUT2D eigenvalue weighted by Gasteiger charge is -2.02. The van der Waals surface area contributed by atoms with Crippen LogP contribution in [0.4, 0.5) is 0 Å². The fraction of sp³-hybridized carbons (Fsp3) is 0.214. The first-order valence-corrected chi connectivity index (χ1v) is 5.37. The van der Waals surface area contributed by atoms with Gasteiger partial charge in [-0.3, -0.25) is 4.79 Å². The molecular weight excluding hydrogens is 216 g/mol. The minimum atomic E-state index is -0.615. The Morgan fingerprint density at radius 1 is 1.24 bits per heavy atom. The Bertz CT molecular complexity index is 540. The fourth-order valence-corrected chi connectivity index (χ4v) is 1.62. The number of hydrogen-bond acceptors (Lipinski definition) is 3. The van der Waals surface area contributed by atoms with Crippen molar-refractivity contribution in [2.24, 2.45) is 0 Å². The van der Waals surface area contributed by atoms with Gasteiger partial charge in [-0.05, 0) is 49.6 Å². The van der Waals surface area contributed by atoms with Crippen molar-refractivity contribution in [3.05, 3.63) is 51.7 Å².